The number of methoxy groups -OCH3 is 1. The highest BCUT2D eigenvalue weighted by atomic mass is 32.2. The van der Waals surface area contributed by atoms with Gasteiger partial charge in [0.15, 0.2) is 11.5 Å². The predicted octanol–water partition coefficient (Wildman–Crippen LogP) is 3.84. The van der Waals surface area contributed by atoms with Crippen LogP contribution in [-0.2, 0) is 10.5 Å². The number of esters is 1. The van der Waals surface area contributed by atoms with Gasteiger partial charge in [0.05, 0.1) is 12.9 Å². The molecule has 0 spiro atoms. The van der Waals surface area contributed by atoms with Crippen molar-refractivity contribution in [3.05, 3.63) is 59.7 Å². The summed E-state index contributed by atoms with van der Waals surface area (Å²) in [6.45, 7) is 2.06. The Balaban J connectivity index is 1.81. The van der Waals surface area contributed by atoms with E-state index in [0.717, 1.165) is 5.75 Å². The van der Waals surface area contributed by atoms with E-state index in [-0.39, 0.29) is 5.97 Å². The topological polar surface area (TPSA) is 35.5 Å². The van der Waals surface area contributed by atoms with Crippen molar-refractivity contribution in [2.45, 2.75) is 12.7 Å². The second kappa shape index (κ2) is 7.74. The molecule has 0 saturated carbocycles. The molecule has 0 aliphatic carbocycles. The number of thioether (sulfide) groups is 1. The Hall–Kier alpha value is -1.94. The Bertz CT molecular complexity index is 593. The molecular formula is C17H18O3S. The lowest BCUT2D eigenvalue weighted by Gasteiger charge is -2.08. The number of rotatable bonds is 6. The molecule has 0 saturated heterocycles. The van der Waals surface area contributed by atoms with Gasteiger partial charge in [-0.25, -0.2) is 0 Å². The first kappa shape index (κ1) is 15.4. The summed E-state index contributed by atoms with van der Waals surface area (Å²) in [6, 6.07) is 15.4. The summed E-state index contributed by atoms with van der Waals surface area (Å²) in [6.07, 6.45) is 0. The van der Waals surface area contributed by atoms with Crippen molar-refractivity contribution in [2.24, 2.45) is 0 Å². The molecule has 2 rings (SSSR count). The van der Waals surface area contributed by atoms with Crippen molar-refractivity contribution in [3.8, 4) is 11.5 Å². The highest BCUT2D eigenvalue weighted by molar-refractivity contribution is 7.99. The van der Waals surface area contributed by atoms with Gasteiger partial charge in [0.25, 0.3) is 0 Å². The Kier molecular flexibility index (Phi) is 5.69. The Labute approximate surface area is 129 Å². The first-order valence-corrected chi connectivity index (χ1v) is 7.81. The van der Waals surface area contributed by atoms with Gasteiger partial charge in [0.2, 0.25) is 0 Å². The molecule has 0 fully saturated rings. The number of benzene rings is 2. The monoisotopic (exact) mass is 302 g/mol. The van der Waals surface area contributed by atoms with Gasteiger partial charge in [0.1, 0.15) is 0 Å². The molecule has 4 heteroatoms. The van der Waals surface area contributed by atoms with E-state index in [1.165, 1.54) is 22.9 Å². The molecule has 0 aliphatic heterocycles. The highest BCUT2D eigenvalue weighted by Crippen LogP contribution is 2.26. The highest BCUT2D eigenvalue weighted by Gasteiger charge is 2.09. The minimum absolute atomic E-state index is 0.267. The van der Waals surface area contributed by atoms with Gasteiger partial charge < -0.3 is 9.47 Å². The van der Waals surface area contributed by atoms with Crippen LogP contribution in [-0.4, -0.2) is 18.8 Å². The number of hydrogen-bond acceptors (Lipinski definition) is 4. The molecule has 0 unspecified atom stereocenters. The number of carbonyl (C=O) groups is 1. The molecule has 0 aliphatic rings. The van der Waals surface area contributed by atoms with Crippen LogP contribution < -0.4 is 9.47 Å². The number of hydrogen-bond donors (Lipinski definition) is 0. The first-order valence-electron chi connectivity index (χ1n) is 6.66. The molecule has 0 atom stereocenters. The number of para-hydroxylation sites is 2. The quantitative estimate of drug-likeness (QED) is 0.600. The molecule has 3 nitrogen and oxygen atoms in total. The lowest BCUT2D eigenvalue weighted by molar-refractivity contribution is -0.131. The van der Waals surface area contributed by atoms with E-state index < -0.39 is 0 Å². The first-order chi connectivity index (χ1) is 10.2. The second-order valence-electron chi connectivity index (χ2n) is 4.60. The van der Waals surface area contributed by atoms with E-state index in [4.69, 9.17) is 9.47 Å². The van der Waals surface area contributed by atoms with E-state index in [9.17, 15) is 4.79 Å². The Morgan fingerprint density at radius 2 is 1.71 bits per heavy atom. The number of ether oxygens (including phenoxy) is 2. The van der Waals surface area contributed by atoms with E-state index in [2.05, 4.69) is 31.2 Å². The molecule has 2 aromatic carbocycles. The maximum absolute atomic E-state index is 11.8. The number of aryl methyl sites for hydroxylation is 1. The van der Waals surface area contributed by atoms with Gasteiger partial charge in [-0.2, -0.15) is 0 Å². The van der Waals surface area contributed by atoms with Gasteiger partial charge in [-0.1, -0.05) is 42.0 Å². The summed E-state index contributed by atoms with van der Waals surface area (Å²) in [5.74, 6) is 1.86. The zero-order valence-electron chi connectivity index (χ0n) is 12.2. The SMILES string of the molecule is COc1ccccc1OC(=O)CSCc1ccc(C)cc1. The van der Waals surface area contributed by atoms with E-state index in [0.29, 0.717) is 17.3 Å². The van der Waals surface area contributed by atoms with Crippen LogP contribution in [0.4, 0.5) is 0 Å². The Morgan fingerprint density at radius 1 is 1.05 bits per heavy atom. The average molecular weight is 302 g/mol. The molecule has 0 radical (unpaired) electrons. The molecule has 2 aromatic rings. The summed E-state index contributed by atoms with van der Waals surface area (Å²) in [5.41, 5.74) is 2.44. The van der Waals surface area contributed by atoms with Crippen molar-refractivity contribution in [2.75, 3.05) is 12.9 Å². The Morgan fingerprint density at radius 3 is 2.38 bits per heavy atom. The minimum atomic E-state index is -0.267. The van der Waals surface area contributed by atoms with Crippen molar-refractivity contribution in [3.63, 3.8) is 0 Å². The smallest absolute Gasteiger partial charge is 0.321 e. The van der Waals surface area contributed by atoms with Crippen LogP contribution in [0.15, 0.2) is 48.5 Å². The normalized spacial score (nSPS) is 10.2. The zero-order chi connectivity index (χ0) is 15.1. The molecule has 0 amide bonds. The second-order valence-corrected chi connectivity index (χ2v) is 5.59. The van der Waals surface area contributed by atoms with Crippen molar-refractivity contribution in [1.82, 2.24) is 0 Å². The van der Waals surface area contributed by atoms with E-state index >= 15 is 0 Å². The lowest BCUT2D eigenvalue weighted by Crippen LogP contribution is -2.11. The van der Waals surface area contributed by atoms with Crippen LogP contribution in [0.1, 0.15) is 11.1 Å². The van der Waals surface area contributed by atoms with E-state index in [1.807, 2.05) is 12.1 Å². The van der Waals surface area contributed by atoms with Gasteiger partial charge >= 0.3 is 5.97 Å². The van der Waals surface area contributed by atoms with E-state index in [1.54, 1.807) is 19.2 Å². The van der Waals surface area contributed by atoms with Crippen LogP contribution in [0.25, 0.3) is 0 Å². The third-order valence-electron chi connectivity index (χ3n) is 2.90. The molecule has 21 heavy (non-hydrogen) atoms. The fourth-order valence-corrected chi connectivity index (χ4v) is 2.55. The third kappa shape index (κ3) is 4.83. The molecular weight excluding hydrogens is 284 g/mol. The van der Waals surface area contributed by atoms with Crippen molar-refractivity contribution in [1.29, 1.82) is 0 Å². The summed E-state index contributed by atoms with van der Waals surface area (Å²) >= 11 is 1.54. The predicted molar refractivity (Wildman–Crippen MR) is 86.0 cm³/mol. The summed E-state index contributed by atoms with van der Waals surface area (Å²) in [4.78, 5) is 11.8. The van der Waals surface area contributed by atoms with Gasteiger partial charge in [-0.05, 0) is 24.6 Å². The summed E-state index contributed by atoms with van der Waals surface area (Å²) in [5, 5.41) is 0. The van der Waals surface area contributed by atoms with Crippen molar-refractivity contribution < 1.29 is 14.3 Å². The van der Waals surface area contributed by atoms with Crippen LogP contribution >= 0.6 is 11.8 Å². The molecule has 0 heterocycles. The van der Waals surface area contributed by atoms with Crippen LogP contribution in [0, 0.1) is 6.92 Å². The molecule has 0 N–H and O–H groups in total. The van der Waals surface area contributed by atoms with Gasteiger partial charge in [-0.3, -0.25) is 4.79 Å². The zero-order valence-corrected chi connectivity index (χ0v) is 13.0. The number of carbonyl (C=O) groups excluding carboxylic acids is 1. The molecule has 0 aromatic heterocycles. The van der Waals surface area contributed by atoms with Gasteiger partial charge in [0, 0.05) is 5.75 Å². The minimum Gasteiger partial charge on any atom is -0.493 e. The molecule has 110 valence electrons. The largest absolute Gasteiger partial charge is 0.493 e. The maximum atomic E-state index is 11.8. The lowest BCUT2D eigenvalue weighted by atomic mass is 10.2. The standard InChI is InChI=1S/C17H18O3S/c1-13-7-9-14(10-8-13)11-21-12-17(18)20-16-6-4-3-5-15(16)19-2/h3-10H,11-12H2,1-2H3. The third-order valence-corrected chi connectivity index (χ3v) is 3.88. The van der Waals surface area contributed by atoms with Crippen LogP contribution in [0.2, 0.25) is 0 Å². The van der Waals surface area contributed by atoms with Crippen LogP contribution in [0.5, 0.6) is 11.5 Å². The summed E-state index contributed by atoms with van der Waals surface area (Å²) in [7, 11) is 1.55. The van der Waals surface area contributed by atoms with Crippen molar-refractivity contribution >= 4 is 17.7 Å². The fourth-order valence-electron chi connectivity index (χ4n) is 1.79. The van der Waals surface area contributed by atoms with Crippen LogP contribution in [0.3, 0.4) is 0 Å². The maximum Gasteiger partial charge on any atom is 0.321 e. The molecule has 0 bridgehead atoms. The van der Waals surface area contributed by atoms with Gasteiger partial charge in [-0.15, -0.1) is 11.8 Å². The average Bonchev–Trinajstić information content (AvgIpc) is 2.50. The fraction of sp³-hybridized carbons (Fsp3) is 0.235. The summed E-state index contributed by atoms with van der Waals surface area (Å²) < 4.78 is 10.5.